The molecule has 0 spiro atoms. The first kappa shape index (κ1) is 13.3. The molecule has 0 radical (unpaired) electrons. The molecule has 1 saturated carbocycles. The number of rotatable bonds is 4. The molecule has 3 nitrogen and oxygen atoms in total. The third-order valence-electron chi connectivity index (χ3n) is 3.59. The van der Waals surface area contributed by atoms with Crippen LogP contribution in [0.25, 0.3) is 0 Å². The molecular formula is C14H20FNO2. The monoisotopic (exact) mass is 253 g/mol. The van der Waals surface area contributed by atoms with Crippen LogP contribution in [0.3, 0.4) is 0 Å². The Kier molecular flexibility index (Phi) is 3.88. The van der Waals surface area contributed by atoms with Crippen molar-refractivity contribution in [3.05, 3.63) is 29.6 Å². The van der Waals surface area contributed by atoms with E-state index in [0.717, 1.165) is 25.1 Å². The van der Waals surface area contributed by atoms with E-state index in [1.54, 1.807) is 13.0 Å². The Morgan fingerprint density at radius 3 is 2.67 bits per heavy atom. The Morgan fingerprint density at radius 2 is 2.11 bits per heavy atom. The highest BCUT2D eigenvalue weighted by Crippen LogP contribution is 2.31. The molecule has 0 aliphatic heterocycles. The number of benzene rings is 1. The van der Waals surface area contributed by atoms with Crippen LogP contribution >= 0.6 is 0 Å². The summed E-state index contributed by atoms with van der Waals surface area (Å²) in [6.45, 7) is 2.46. The fourth-order valence-corrected chi connectivity index (χ4v) is 2.54. The van der Waals surface area contributed by atoms with Crippen molar-refractivity contribution in [3.8, 4) is 0 Å². The first-order chi connectivity index (χ1) is 8.47. The first-order valence-electron chi connectivity index (χ1n) is 6.34. The molecular weight excluding hydrogens is 233 g/mol. The van der Waals surface area contributed by atoms with Gasteiger partial charge in [-0.15, -0.1) is 0 Å². The van der Waals surface area contributed by atoms with Crippen molar-refractivity contribution in [1.82, 2.24) is 0 Å². The normalized spacial score (nSPS) is 24.5. The second-order valence-electron chi connectivity index (χ2n) is 5.25. The molecule has 2 rings (SSSR count). The van der Waals surface area contributed by atoms with E-state index in [-0.39, 0.29) is 11.9 Å². The number of anilines is 1. The summed E-state index contributed by atoms with van der Waals surface area (Å²) in [5, 5.41) is 19.0. The Bertz CT molecular complexity index is 416. The van der Waals surface area contributed by atoms with Gasteiger partial charge in [0.05, 0.1) is 12.2 Å². The fraction of sp³-hybridized carbons (Fsp3) is 0.571. The summed E-state index contributed by atoms with van der Waals surface area (Å²) in [4.78, 5) is 2.03. The van der Waals surface area contributed by atoms with Gasteiger partial charge in [0.1, 0.15) is 5.82 Å². The molecule has 0 saturated heterocycles. The average molecular weight is 253 g/mol. The highest BCUT2D eigenvalue weighted by Gasteiger charge is 2.28. The predicted octanol–water partition coefficient (Wildman–Crippen LogP) is 2.09. The molecule has 2 N–H and O–H groups in total. The van der Waals surface area contributed by atoms with Crippen LogP contribution in [0.5, 0.6) is 0 Å². The van der Waals surface area contributed by atoms with E-state index in [0.29, 0.717) is 11.5 Å². The summed E-state index contributed by atoms with van der Waals surface area (Å²) in [5.41, 5.74) is 1.46. The quantitative estimate of drug-likeness (QED) is 0.863. The lowest BCUT2D eigenvalue weighted by Gasteiger charge is -2.36. The molecule has 0 amide bonds. The van der Waals surface area contributed by atoms with Crippen LogP contribution in [0.15, 0.2) is 18.2 Å². The topological polar surface area (TPSA) is 43.7 Å². The second-order valence-corrected chi connectivity index (χ2v) is 5.25. The number of aliphatic hydroxyl groups excluding tert-OH is 2. The van der Waals surface area contributed by atoms with Crippen LogP contribution in [-0.2, 0) is 0 Å². The molecule has 4 heteroatoms. The van der Waals surface area contributed by atoms with E-state index in [4.69, 9.17) is 0 Å². The molecule has 1 aliphatic rings. The van der Waals surface area contributed by atoms with Gasteiger partial charge in [0.2, 0.25) is 0 Å². The van der Waals surface area contributed by atoms with E-state index in [1.165, 1.54) is 12.1 Å². The van der Waals surface area contributed by atoms with E-state index < -0.39 is 6.10 Å². The van der Waals surface area contributed by atoms with Crippen LogP contribution < -0.4 is 4.90 Å². The third kappa shape index (κ3) is 2.82. The molecule has 1 fully saturated rings. The Morgan fingerprint density at radius 1 is 1.44 bits per heavy atom. The summed E-state index contributed by atoms with van der Waals surface area (Å²) in [5.74, 6) is 0.152. The van der Waals surface area contributed by atoms with Gasteiger partial charge in [-0.3, -0.25) is 0 Å². The van der Waals surface area contributed by atoms with Crippen LogP contribution in [-0.4, -0.2) is 29.9 Å². The van der Waals surface area contributed by atoms with Crippen LogP contribution in [0.1, 0.15) is 31.4 Å². The van der Waals surface area contributed by atoms with Gasteiger partial charge in [-0.1, -0.05) is 0 Å². The van der Waals surface area contributed by atoms with Crippen molar-refractivity contribution < 1.29 is 14.6 Å². The minimum Gasteiger partial charge on any atom is -0.393 e. The van der Waals surface area contributed by atoms with Gasteiger partial charge in [0.25, 0.3) is 0 Å². The second kappa shape index (κ2) is 5.24. The zero-order valence-corrected chi connectivity index (χ0v) is 10.8. The SMILES string of the molecule is C[C@H](O)c1cc(F)ccc1N(C)CC1CC(O)C1. The van der Waals surface area contributed by atoms with Gasteiger partial charge < -0.3 is 15.1 Å². The zero-order valence-electron chi connectivity index (χ0n) is 10.8. The highest BCUT2D eigenvalue weighted by atomic mass is 19.1. The summed E-state index contributed by atoms with van der Waals surface area (Å²) in [6.07, 6.45) is 0.809. The Labute approximate surface area is 107 Å². The van der Waals surface area contributed by atoms with E-state index in [2.05, 4.69) is 0 Å². The molecule has 1 atom stereocenters. The van der Waals surface area contributed by atoms with Crippen LogP contribution in [0.4, 0.5) is 10.1 Å². The van der Waals surface area contributed by atoms with Crippen molar-refractivity contribution in [1.29, 1.82) is 0 Å². The molecule has 100 valence electrons. The minimum absolute atomic E-state index is 0.159. The maximum absolute atomic E-state index is 13.2. The molecule has 0 heterocycles. The third-order valence-corrected chi connectivity index (χ3v) is 3.59. The van der Waals surface area contributed by atoms with Gasteiger partial charge in [-0.2, -0.15) is 0 Å². The number of hydrogen-bond donors (Lipinski definition) is 2. The lowest BCUT2D eigenvalue weighted by molar-refractivity contribution is 0.0464. The molecule has 1 aromatic rings. The number of aliphatic hydroxyl groups is 2. The van der Waals surface area contributed by atoms with Crippen molar-refractivity contribution in [3.63, 3.8) is 0 Å². The van der Waals surface area contributed by atoms with Gasteiger partial charge in [-0.05, 0) is 43.9 Å². The predicted molar refractivity (Wildman–Crippen MR) is 69.0 cm³/mol. The number of nitrogens with zero attached hydrogens (tertiary/aromatic N) is 1. The van der Waals surface area contributed by atoms with Gasteiger partial charge in [0, 0.05) is 24.8 Å². The zero-order chi connectivity index (χ0) is 13.3. The maximum atomic E-state index is 13.2. The number of halogens is 1. The van der Waals surface area contributed by atoms with E-state index in [1.807, 2.05) is 11.9 Å². The molecule has 18 heavy (non-hydrogen) atoms. The van der Waals surface area contributed by atoms with Gasteiger partial charge in [-0.25, -0.2) is 4.39 Å². The van der Waals surface area contributed by atoms with E-state index >= 15 is 0 Å². The summed E-state index contributed by atoms with van der Waals surface area (Å²) in [6, 6.07) is 4.49. The Hall–Kier alpha value is -1.13. The molecule has 1 aliphatic carbocycles. The smallest absolute Gasteiger partial charge is 0.123 e. The van der Waals surface area contributed by atoms with Gasteiger partial charge in [0.15, 0.2) is 0 Å². The molecule has 0 unspecified atom stereocenters. The summed E-state index contributed by atoms with van der Waals surface area (Å²) < 4.78 is 13.2. The summed E-state index contributed by atoms with van der Waals surface area (Å²) >= 11 is 0. The lowest BCUT2D eigenvalue weighted by atomic mass is 9.82. The maximum Gasteiger partial charge on any atom is 0.123 e. The van der Waals surface area contributed by atoms with Crippen molar-refractivity contribution >= 4 is 5.69 Å². The van der Waals surface area contributed by atoms with Crippen LogP contribution in [0.2, 0.25) is 0 Å². The summed E-state index contributed by atoms with van der Waals surface area (Å²) in [7, 11) is 1.93. The van der Waals surface area contributed by atoms with E-state index in [9.17, 15) is 14.6 Å². The van der Waals surface area contributed by atoms with Gasteiger partial charge >= 0.3 is 0 Å². The standard InChI is InChI=1S/C14H20FNO2/c1-9(17)13-7-11(15)3-4-14(13)16(2)8-10-5-12(18)6-10/h3-4,7,9-10,12,17-18H,5-6,8H2,1-2H3/t9-,10?,12?/m0/s1. The van der Waals surface area contributed by atoms with Crippen LogP contribution in [0, 0.1) is 11.7 Å². The largest absolute Gasteiger partial charge is 0.393 e. The van der Waals surface area contributed by atoms with Crippen molar-refractivity contribution in [2.24, 2.45) is 5.92 Å². The fourth-order valence-electron chi connectivity index (χ4n) is 2.54. The molecule has 0 bridgehead atoms. The lowest BCUT2D eigenvalue weighted by Crippen LogP contribution is -2.37. The first-order valence-corrected chi connectivity index (χ1v) is 6.34. The van der Waals surface area contributed by atoms with Crippen molar-refractivity contribution in [2.75, 3.05) is 18.5 Å². The molecule has 0 aromatic heterocycles. The number of hydrogen-bond acceptors (Lipinski definition) is 3. The highest BCUT2D eigenvalue weighted by molar-refractivity contribution is 5.54. The molecule has 1 aromatic carbocycles. The minimum atomic E-state index is -0.690. The Balaban J connectivity index is 2.11. The average Bonchev–Trinajstić information content (AvgIpc) is 2.26. The van der Waals surface area contributed by atoms with Crippen molar-refractivity contribution in [2.45, 2.75) is 32.0 Å².